The van der Waals surface area contributed by atoms with E-state index < -0.39 is 0 Å². The minimum Gasteiger partial charge on any atom is -0.354 e. The summed E-state index contributed by atoms with van der Waals surface area (Å²) in [6, 6.07) is 0.839. The molecule has 0 aliphatic heterocycles. The Morgan fingerprint density at radius 1 is 1.10 bits per heavy atom. The fourth-order valence-electron chi connectivity index (χ4n) is 2.71. The molecule has 0 saturated heterocycles. The second-order valence-electron chi connectivity index (χ2n) is 6.38. The highest BCUT2D eigenvalue weighted by Crippen LogP contribution is 2.17. The highest BCUT2D eigenvalue weighted by molar-refractivity contribution is 5.76. The first kappa shape index (κ1) is 19.4. The molecule has 0 spiro atoms. The lowest BCUT2D eigenvalue weighted by Crippen LogP contribution is -2.50. The van der Waals surface area contributed by atoms with Crippen molar-refractivity contribution in [1.29, 1.82) is 0 Å². The van der Waals surface area contributed by atoms with Gasteiger partial charge >= 0.3 is 0 Å². The molecule has 0 radical (unpaired) electrons. The summed E-state index contributed by atoms with van der Waals surface area (Å²) in [5.74, 6) is 0.688. The van der Waals surface area contributed by atoms with Crippen LogP contribution in [0, 0.1) is 5.92 Å². The molecule has 0 aromatic carbocycles. The molecule has 0 aliphatic carbocycles. The van der Waals surface area contributed by atoms with E-state index in [1.54, 1.807) is 0 Å². The van der Waals surface area contributed by atoms with Crippen LogP contribution in [0.25, 0.3) is 0 Å². The Bertz CT molecular complexity index is 262. The Kier molecular flexibility index (Phi) is 9.86. The maximum atomic E-state index is 12.0. The summed E-state index contributed by atoms with van der Waals surface area (Å²) >= 11 is 0. The van der Waals surface area contributed by atoms with Gasteiger partial charge in [0.15, 0.2) is 0 Å². The molecule has 1 unspecified atom stereocenters. The van der Waals surface area contributed by atoms with Gasteiger partial charge in [-0.15, -0.1) is 0 Å². The zero-order chi connectivity index (χ0) is 15.7. The summed E-state index contributed by atoms with van der Waals surface area (Å²) in [4.78, 5) is 14.5. The van der Waals surface area contributed by atoms with Crippen LogP contribution in [0.4, 0.5) is 0 Å². The zero-order valence-corrected chi connectivity index (χ0v) is 14.3. The van der Waals surface area contributed by atoms with Crippen LogP contribution in [-0.2, 0) is 4.79 Å². The predicted molar refractivity (Wildman–Crippen MR) is 86.7 cm³/mol. The summed E-state index contributed by atoms with van der Waals surface area (Å²) in [5, 5.41) is 2.97. The molecule has 0 heterocycles. The van der Waals surface area contributed by atoms with Gasteiger partial charge in [-0.25, -0.2) is 0 Å². The van der Waals surface area contributed by atoms with E-state index in [2.05, 4.69) is 37.9 Å². The topological polar surface area (TPSA) is 58.4 Å². The summed E-state index contributed by atoms with van der Waals surface area (Å²) in [7, 11) is 0. The molecule has 120 valence electrons. The first-order valence-corrected chi connectivity index (χ1v) is 8.10. The Hall–Kier alpha value is -0.610. The number of amides is 1. The number of carbonyl (C=O) groups excluding carboxylic acids is 1. The molecule has 0 aromatic heterocycles. The van der Waals surface area contributed by atoms with Gasteiger partial charge in [0.1, 0.15) is 0 Å². The molecule has 1 atom stereocenters. The van der Waals surface area contributed by atoms with Crippen molar-refractivity contribution in [3.8, 4) is 0 Å². The molecule has 3 N–H and O–H groups in total. The number of rotatable bonds is 10. The van der Waals surface area contributed by atoms with Gasteiger partial charge in [-0.1, -0.05) is 27.7 Å². The normalized spacial score (nSPS) is 13.6. The Morgan fingerprint density at radius 2 is 1.65 bits per heavy atom. The van der Waals surface area contributed by atoms with Gasteiger partial charge in [-0.2, -0.15) is 0 Å². The van der Waals surface area contributed by atoms with Gasteiger partial charge in [0.2, 0.25) is 5.91 Å². The van der Waals surface area contributed by atoms with Gasteiger partial charge in [0.05, 0.1) is 0 Å². The third-order valence-corrected chi connectivity index (χ3v) is 3.60. The van der Waals surface area contributed by atoms with Gasteiger partial charge in [-0.05, 0) is 32.6 Å². The second-order valence-corrected chi connectivity index (χ2v) is 6.38. The van der Waals surface area contributed by atoms with E-state index in [0.29, 0.717) is 24.9 Å². The van der Waals surface area contributed by atoms with Crippen LogP contribution in [0.15, 0.2) is 0 Å². The first-order chi connectivity index (χ1) is 9.35. The smallest absolute Gasteiger partial charge is 0.221 e. The van der Waals surface area contributed by atoms with Crippen molar-refractivity contribution in [2.45, 2.75) is 78.9 Å². The lowest BCUT2D eigenvalue weighted by atomic mass is 10.0. The lowest BCUT2D eigenvalue weighted by Gasteiger charge is -2.38. The second kappa shape index (κ2) is 10.2. The Morgan fingerprint density at radius 3 is 2.00 bits per heavy atom. The predicted octanol–water partition coefficient (Wildman–Crippen LogP) is 2.38. The van der Waals surface area contributed by atoms with Crippen molar-refractivity contribution in [2.24, 2.45) is 11.7 Å². The summed E-state index contributed by atoms with van der Waals surface area (Å²) < 4.78 is 0. The number of hydrogen-bond donors (Lipinski definition) is 2. The van der Waals surface area contributed by atoms with Crippen LogP contribution in [-0.4, -0.2) is 42.0 Å². The van der Waals surface area contributed by atoms with E-state index >= 15 is 0 Å². The van der Waals surface area contributed by atoms with Crippen LogP contribution in [0.5, 0.6) is 0 Å². The molecule has 0 bridgehead atoms. The Labute approximate surface area is 125 Å². The third kappa shape index (κ3) is 7.25. The van der Waals surface area contributed by atoms with E-state index in [-0.39, 0.29) is 18.0 Å². The van der Waals surface area contributed by atoms with E-state index in [4.69, 9.17) is 5.73 Å². The van der Waals surface area contributed by atoms with Crippen molar-refractivity contribution in [2.75, 3.05) is 13.1 Å². The lowest BCUT2D eigenvalue weighted by molar-refractivity contribution is -0.123. The molecule has 20 heavy (non-hydrogen) atoms. The van der Waals surface area contributed by atoms with Crippen LogP contribution >= 0.6 is 0 Å². The van der Waals surface area contributed by atoms with Crippen molar-refractivity contribution in [3.05, 3.63) is 0 Å². The minimum atomic E-state index is 0.107. The number of nitrogens with two attached hydrogens (primary N) is 1. The molecule has 0 rings (SSSR count). The van der Waals surface area contributed by atoms with E-state index in [9.17, 15) is 4.79 Å². The molecular formula is C16H35N3O. The van der Waals surface area contributed by atoms with Crippen LogP contribution in [0.1, 0.15) is 60.8 Å². The van der Waals surface area contributed by atoms with E-state index in [1.165, 1.54) is 0 Å². The van der Waals surface area contributed by atoms with Crippen LogP contribution < -0.4 is 11.1 Å². The van der Waals surface area contributed by atoms with Gasteiger partial charge < -0.3 is 11.1 Å². The number of carbonyl (C=O) groups is 1. The highest BCUT2D eigenvalue weighted by atomic mass is 16.1. The average molecular weight is 285 g/mol. The SMILES string of the molecule is CCC(CC)N(CC(C)C)C(CN)CC(=O)NC(C)C. The summed E-state index contributed by atoms with van der Waals surface area (Å²) in [6.07, 6.45) is 2.70. The van der Waals surface area contributed by atoms with Crippen molar-refractivity contribution >= 4 is 5.91 Å². The van der Waals surface area contributed by atoms with Crippen molar-refractivity contribution < 1.29 is 4.79 Å². The standard InChI is InChI=1S/C16H35N3O/c1-7-14(8-2)19(11-12(3)4)15(10-17)9-16(20)18-13(5)6/h12-15H,7-11,17H2,1-6H3,(H,18,20). The average Bonchev–Trinajstić information content (AvgIpc) is 2.35. The number of nitrogens with zero attached hydrogens (tertiary/aromatic N) is 1. The zero-order valence-electron chi connectivity index (χ0n) is 14.3. The van der Waals surface area contributed by atoms with Gasteiger partial charge in [0.25, 0.3) is 0 Å². The van der Waals surface area contributed by atoms with E-state index in [0.717, 1.165) is 19.4 Å². The maximum Gasteiger partial charge on any atom is 0.221 e. The van der Waals surface area contributed by atoms with E-state index in [1.807, 2.05) is 13.8 Å². The largest absolute Gasteiger partial charge is 0.354 e. The van der Waals surface area contributed by atoms with Gasteiger partial charge in [0, 0.05) is 37.6 Å². The number of nitrogens with one attached hydrogen (secondary N) is 1. The maximum absolute atomic E-state index is 12.0. The molecule has 0 aliphatic rings. The summed E-state index contributed by atoms with van der Waals surface area (Å²) in [5.41, 5.74) is 5.95. The molecule has 0 fully saturated rings. The molecular weight excluding hydrogens is 250 g/mol. The molecule has 4 heteroatoms. The molecule has 0 aromatic rings. The molecule has 4 nitrogen and oxygen atoms in total. The quantitative estimate of drug-likeness (QED) is 0.648. The van der Waals surface area contributed by atoms with Crippen molar-refractivity contribution in [3.63, 3.8) is 0 Å². The molecule has 0 saturated carbocycles. The number of hydrogen-bond acceptors (Lipinski definition) is 3. The Balaban J connectivity index is 4.83. The first-order valence-electron chi connectivity index (χ1n) is 8.10. The van der Waals surface area contributed by atoms with Crippen LogP contribution in [0.3, 0.4) is 0 Å². The molecule has 1 amide bonds. The van der Waals surface area contributed by atoms with Crippen molar-refractivity contribution in [1.82, 2.24) is 10.2 Å². The minimum absolute atomic E-state index is 0.107. The highest BCUT2D eigenvalue weighted by Gasteiger charge is 2.26. The summed E-state index contributed by atoms with van der Waals surface area (Å²) in [6.45, 7) is 14.4. The third-order valence-electron chi connectivity index (χ3n) is 3.60. The monoisotopic (exact) mass is 285 g/mol. The van der Waals surface area contributed by atoms with Crippen LogP contribution in [0.2, 0.25) is 0 Å². The fourth-order valence-corrected chi connectivity index (χ4v) is 2.71. The fraction of sp³-hybridized carbons (Fsp3) is 0.938. The van der Waals surface area contributed by atoms with Gasteiger partial charge in [-0.3, -0.25) is 9.69 Å².